The van der Waals surface area contributed by atoms with Crippen molar-refractivity contribution in [1.29, 1.82) is 0 Å². The second-order valence-electron chi connectivity index (χ2n) is 9.78. The van der Waals surface area contributed by atoms with Crippen molar-refractivity contribution in [3.8, 4) is 17.2 Å². The first kappa shape index (κ1) is 27.3. The highest BCUT2D eigenvalue weighted by molar-refractivity contribution is 6.32. The highest BCUT2D eigenvalue weighted by Crippen LogP contribution is 2.48. The maximum absolute atomic E-state index is 13.8. The van der Waals surface area contributed by atoms with E-state index >= 15 is 0 Å². The van der Waals surface area contributed by atoms with Gasteiger partial charge in [0.1, 0.15) is 19.0 Å². The highest BCUT2D eigenvalue weighted by Gasteiger charge is 2.42. The first-order valence-corrected chi connectivity index (χ1v) is 13.5. The molecule has 7 nitrogen and oxygen atoms in total. The lowest BCUT2D eigenvalue weighted by Gasteiger charge is -2.37. The Hall–Kier alpha value is -4.23. The van der Waals surface area contributed by atoms with Gasteiger partial charge in [0, 0.05) is 29.3 Å². The number of allylic oxidation sites excluding steroid dienone is 3. The smallest absolute Gasteiger partial charge is 0.336 e. The van der Waals surface area contributed by atoms with Crippen LogP contribution >= 0.6 is 11.6 Å². The van der Waals surface area contributed by atoms with Gasteiger partial charge in [0.2, 0.25) is 0 Å². The summed E-state index contributed by atoms with van der Waals surface area (Å²) < 4.78 is 16.6. The third-order valence-electron chi connectivity index (χ3n) is 7.25. The van der Waals surface area contributed by atoms with Crippen LogP contribution in [0.15, 0.2) is 95.3 Å². The molecule has 0 aromatic heterocycles. The van der Waals surface area contributed by atoms with Gasteiger partial charge in [0.25, 0.3) is 0 Å². The minimum atomic E-state index is -0.755. The van der Waals surface area contributed by atoms with Crippen molar-refractivity contribution in [3.63, 3.8) is 0 Å². The van der Waals surface area contributed by atoms with Crippen LogP contribution in [-0.2, 0) is 14.3 Å². The molecule has 206 valence electrons. The summed E-state index contributed by atoms with van der Waals surface area (Å²) in [7, 11) is 1.42. The molecule has 0 fully saturated rings. The average Bonchev–Trinajstić information content (AvgIpc) is 2.96. The zero-order chi connectivity index (χ0) is 28.2. The number of phenolic OH excluding ortho intramolecular Hbond substituents is 1. The van der Waals surface area contributed by atoms with Gasteiger partial charge in [-0.1, -0.05) is 60.1 Å². The maximum atomic E-state index is 13.8. The van der Waals surface area contributed by atoms with Gasteiger partial charge in [-0.15, -0.1) is 0 Å². The molecule has 2 atom stereocenters. The van der Waals surface area contributed by atoms with E-state index in [1.54, 1.807) is 19.1 Å². The standard InChI is InChI=1S/C32H30ClNO6/c1-19-28(32(37)40-14-13-39-23-11-7-4-8-12-23)29(22-15-24(33)31(36)27(18-22)38-2)30-25(34-19)16-21(17-26(30)35)20-9-5-3-6-10-20/h3-12,15,18,21,29,34,36H,13-14,16-17H2,1-2H3/t21-,29-/m1/s1. The molecule has 0 bridgehead atoms. The van der Waals surface area contributed by atoms with E-state index in [1.165, 1.54) is 7.11 Å². The van der Waals surface area contributed by atoms with Crippen LogP contribution in [0.3, 0.4) is 0 Å². The first-order valence-electron chi connectivity index (χ1n) is 13.1. The first-order chi connectivity index (χ1) is 19.4. The monoisotopic (exact) mass is 559 g/mol. The topological polar surface area (TPSA) is 94.1 Å². The second-order valence-corrected chi connectivity index (χ2v) is 10.2. The molecule has 40 heavy (non-hydrogen) atoms. The van der Waals surface area contributed by atoms with E-state index in [2.05, 4.69) is 5.32 Å². The lowest BCUT2D eigenvalue weighted by Crippen LogP contribution is -2.36. The van der Waals surface area contributed by atoms with Crippen molar-refractivity contribution in [2.24, 2.45) is 0 Å². The normalized spacial score (nSPS) is 18.6. The zero-order valence-corrected chi connectivity index (χ0v) is 23.0. The number of nitrogens with one attached hydrogen (secondary N) is 1. The van der Waals surface area contributed by atoms with Gasteiger partial charge >= 0.3 is 5.97 Å². The molecule has 1 aliphatic carbocycles. The fourth-order valence-electron chi connectivity index (χ4n) is 5.41. The Balaban J connectivity index is 1.48. The van der Waals surface area contributed by atoms with Gasteiger partial charge in [0.15, 0.2) is 17.3 Å². The second kappa shape index (κ2) is 11.9. The molecule has 0 amide bonds. The van der Waals surface area contributed by atoms with E-state index in [0.29, 0.717) is 41.0 Å². The van der Waals surface area contributed by atoms with Crippen molar-refractivity contribution in [3.05, 3.63) is 111 Å². The number of esters is 1. The molecule has 5 rings (SSSR count). The number of ether oxygens (including phenoxy) is 3. The zero-order valence-electron chi connectivity index (χ0n) is 22.3. The van der Waals surface area contributed by atoms with Crippen molar-refractivity contribution >= 4 is 23.4 Å². The molecule has 0 radical (unpaired) electrons. The summed E-state index contributed by atoms with van der Waals surface area (Å²) in [6, 6.07) is 22.4. The summed E-state index contributed by atoms with van der Waals surface area (Å²) in [5.41, 5.74) is 3.78. The number of aromatic hydroxyl groups is 1. The molecule has 8 heteroatoms. The van der Waals surface area contributed by atoms with Crippen LogP contribution in [0.5, 0.6) is 17.2 Å². The molecule has 0 spiro atoms. The van der Waals surface area contributed by atoms with E-state index in [9.17, 15) is 14.7 Å². The van der Waals surface area contributed by atoms with E-state index in [0.717, 1.165) is 11.3 Å². The number of carbonyl (C=O) groups is 2. The summed E-state index contributed by atoms with van der Waals surface area (Å²) in [6.07, 6.45) is 0.908. The fourth-order valence-corrected chi connectivity index (χ4v) is 5.63. The predicted octanol–water partition coefficient (Wildman–Crippen LogP) is 6.04. The summed E-state index contributed by atoms with van der Waals surface area (Å²) in [5, 5.41) is 13.8. The largest absolute Gasteiger partial charge is 0.503 e. The molecule has 3 aromatic carbocycles. The van der Waals surface area contributed by atoms with Gasteiger partial charge in [-0.05, 0) is 54.7 Å². The maximum Gasteiger partial charge on any atom is 0.336 e. The molecular weight excluding hydrogens is 530 g/mol. The Kier molecular flexibility index (Phi) is 8.12. The molecule has 2 N–H and O–H groups in total. The number of benzene rings is 3. The van der Waals surface area contributed by atoms with E-state index in [-0.39, 0.29) is 41.4 Å². The number of hydrogen-bond acceptors (Lipinski definition) is 7. The third-order valence-corrected chi connectivity index (χ3v) is 7.54. The summed E-state index contributed by atoms with van der Waals surface area (Å²) >= 11 is 6.36. The van der Waals surface area contributed by atoms with Crippen LogP contribution in [0, 0.1) is 0 Å². The van der Waals surface area contributed by atoms with Crippen LogP contribution in [0.2, 0.25) is 5.02 Å². The Bertz CT molecular complexity index is 1480. The van der Waals surface area contributed by atoms with Crippen molar-refractivity contribution in [2.75, 3.05) is 20.3 Å². The minimum absolute atomic E-state index is 0.00924. The average molecular weight is 560 g/mol. The van der Waals surface area contributed by atoms with Gasteiger partial charge in [-0.3, -0.25) is 4.79 Å². The van der Waals surface area contributed by atoms with Gasteiger partial charge in [0.05, 0.1) is 17.7 Å². The number of ketones is 1. The molecule has 2 aliphatic rings. The SMILES string of the molecule is COc1cc([C@@H]2C(C(=O)OCCOc3ccccc3)=C(C)NC3=C2C(=O)C[C@H](c2ccccc2)C3)cc(Cl)c1O. The number of phenols is 1. The molecule has 0 unspecified atom stereocenters. The number of methoxy groups -OCH3 is 1. The van der Waals surface area contributed by atoms with Gasteiger partial charge in [-0.25, -0.2) is 4.79 Å². The Labute approximate surface area is 238 Å². The van der Waals surface area contributed by atoms with Crippen molar-refractivity contribution in [1.82, 2.24) is 5.32 Å². The van der Waals surface area contributed by atoms with E-state index in [1.807, 2.05) is 60.7 Å². The minimum Gasteiger partial charge on any atom is -0.503 e. The van der Waals surface area contributed by atoms with Crippen molar-refractivity contribution < 1.29 is 28.9 Å². The number of para-hydroxylation sites is 1. The number of Topliss-reactive ketones (excluding diaryl/α,β-unsaturated/α-hetero) is 1. The number of hydrogen-bond donors (Lipinski definition) is 2. The van der Waals surface area contributed by atoms with Crippen molar-refractivity contribution in [2.45, 2.75) is 31.6 Å². The van der Waals surface area contributed by atoms with Crippen LogP contribution in [0.25, 0.3) is 0 Å². The third kappa shape index (κ3) is 5.56. The van der Waals surface area contributed by atoms with E-state index < -0.39 is 11.9 Å². The molecule has 0 saturated carbocycles. The molecule has 0 saturated heterocycles. The van der Waals surface area contributed by atoms with Crippen LogP contribution in [-0.4, -0.2) is 37.2 Å². The summed E-state index contributed by atoms with van der Waals surface area (Å²) in [5.74, 6) is -0.772. The molecule has 1 aliphatic heterocycles. The lowest BCUT2D eigenvalue weighted by atomic mass is 9.71. The predicted molar refractivity (Wildman–Crippen MR) is 152 cm³/mol. The fraction of sp³-hybridized carbons (Fsp3) is 0.250. The Morgan fingerprint density at radius 3 is 2.40 bits per heavy atom. The molecule has 3 aromatic rings. The molecular formula is C32H30ClNO6. The Morgan fingerprint density at radius 1 is 1.00 bits per heavy atom. The van der Waals surface area contributed by atoms with Crippen LogP contribution < -0.4 is 14.8 Å². The number of carbonyl (C=O) groups excluding carboxylic acids is 2. The number of rotatable bonds is 8. The quantitative estimate of drug-likeness (QED) is 0.257. The van der Waals surface area contributed by atoms with E-state index in [4.69, 9.17) is 25.8 Å². The summed E-state index contributed by atoms with van der Waals surface area (Å²) in [6.45, 7) is 1.99. The summed E-state index contributed by atoms with van der Waals surface area (Å²) in [4.78, 5) is 27.3. The lowest BCUT2D eigenvalue weighted by molar-refractivity contribution is -0.140. The number of halogens is 1. The van der Waals surface area contributed by atoms with Crippen LogP contribution in [0.4, 0.5) is 0 Å². The van der Waals surface area contributed by atoms with Gasteiger partial charge < -0.3 is 24.6 Å². The highest BCUT2D eigenvalue weighted by atomic mass is 35.5. The van der Waals surface area contributed by atoms with Gasteiger partial charge in [-0.2, -0.15) is 0 Å². The Morgan fingerprint density at radius 2 is 1.70 bits per heavy atom. The number of dihydropyridines is 1. The van der Waals surface area contributed by atoms with Crippen LogP contribution in [0.1, 0.15) is 42.7 Å². The molecule has 1 heterocycles.